The molecule has 0 saturated carbocycles. The van der Waals surface area contributed by atoms with Crippen LogP contribution in [0.2, 0.25) is 0 Å². The molecule has 1 aromatic rings. The summed E-state index contributed by atoms with van der Waals surface area (Å²) >= 11 is 1.63. The van der Waals surface area contributed by atoms with E-state index in [0.29, 0.717) is 6.42 Å². The quantitative estimate of drug-likeness (QED) is 0.859. The molecule has 0 aliphatic rings. The Kier molecular flexibility index (Phi) is 4.97. The summed E-state index contributed by atoms with van der Waals surface area (Å²) in [6, 6.07) is 3.86. The lowest BCUT2D eigenvalue weighted by Crippen LogP contribution is -2.42. The summed E-state index contributed by atoms with van der Waals surface area (Å²) in [5.74, 6) is 0. The van der Waals surface area contributed by atoms with E-state index in [9.17, 15) is 13.2 Å². The molecule has 1 aromatic heterocycles. The van der Waals surface area contributed by atoms with E-state index in [4.69, 9.17) is 5.11 Å². The summed E-state index contributed by atoms with van der Waals surface area (Å²) < 4.78 is 36.1. The maximum atomic E-state index is 12.0. The molecule has 0 aliphatic carbocycles. The Balaban J connectivity index is 2.33. The van der Waals surface area contributed by atoms with Gasteiger partial charge >= 0.3 is 6.18 Å². The lowest BCUT2D eigenvalue weighted by atomic mass is 10.2. The number of halogens is 3. The zero-order chi connectivity index (χ0) is 13.1. The average molecular weight is 267 g/mol. The number of aryl methyl sites for hydroxylation is 1. The molecular formula is C11H16F3NOS. The van der Waals surface area contributed by atoms with Gasteiger partial charge in [0, 0.05) is 22.3 Å². The number of aliphatic hydroxyl groups excluding tert-OH is 1. The second-order valence-electron chi connectivity index (χ2n) is 4.08. The third-order valence-electron chi connectivity index (χ3n) is 2.34. The average Bonchev–Trinajstić information content (AvgIpc) is 2.58. The van der Waals surface area contributed by atoms with Gasteiger partial charge in [-0.1, -0.05) is 0 Å². The van der Waals surface area contributed by atoms with Crippen LogP contribution in [0.5, 0.6) is 0 Å². The Bertz CT molecular complexity index is 351. The minimum Gasteiger partial charge on any atom is -0.382 e. The molecule has 0 saturated heterocycles. The molecule has 17 heavy (non-hydrogen) atoms. The van der Waals surface area contributed by atoms with Gasteiger partial charge in [0.1, 0.15) is 0 Å². The first-order valence-electron chi connectivity index (χ1n) is 5.32. The molecule has 2 nitrogen and oxygen atoms in total. The monoisotopic (exact) mass is 267 g/mol. The highest BCUT2D eigenvalue weighted by Gasteiger charge is 2.37. The molecule has 2 atom stereocenters. The van der Waals surface area contributed by atoms with E-state index in [1.54, 1.807) is 18.3 Å². The largest absolute Gasteiger partial charge is 0.415 e. The Morgan fingerprint density at radius 3 is 2.53 bits per heavy atom. The summed E-state index contributed by atoms with van der Waals surface area (Å²) in [4.78, 5) is 2.31. The summed E-state index contributed by atoms with van der Waals surface area (Å²) in [5.41, 5.74) is 0. The van der Waals surface area contributed by atoms with Crippen molar-refractivity contribution in [2.24, 2.45) is 0 Å². The van der Waals surface area contributed by atoms with Gasteiger partial charge in [0.2, 0.25) is 0 Å². The summed E-state index contributed by atoms with van der Waals surface area (Å²) in [7, 11) is 0. The van der Waals surface area contributed by atoms with Crippen LogP contribution >= 0.6 is 11.3 Å². The first-order valence-corrected chi connectivity index (χ1v) is 6.14. The van der Waals surface area contributed by atoms with Crippen LogP contribution in [0, 0.1) is 6.92 Å². The lowest BCUT2D eigenvalue weighted by Gasteiger charge is -2.18. The van der Waals surface area contributed by atoms with Crippen molar-refractivity contribution in [2.75, 3.05) is 6.54 Å². The third kappa shape index (κ3) is 5.06. The Hall–Kier alpha value is -0.590. The fourth-order valence-corrected chi connectivity index (χ4v) is 2.42. The number of alkyl halides is 3. The second-order valence-corrected chi connectivity index (χ2v) is 5.46. The summed E-state index contributed by atoms with van der Waals surface area (Å²) in [6.07, 6.45) is -6.18. The highest BCUT2D eigenvalue weighted by Crippen LogP contribution is 2.20. The molecule has 2 unspecified atom stereocenters. The summed E-state index contributed by atoms with van der Waals surface area (Å²) in [5, 5.41) is 11.5. The van der Waals surface area contributed by atoms with E-state index in [-0.39, 0.29) is 6.04 Å². The van der Waals surface area contributed by atoms with Crippen molar-refractivity contribution in [3.05, 3.63) is 21.9 Å². The highest BCUT2D eigenvalue weighted by atomic mass is 32.1. The van der Waals surface area contributed by atoms with E-state index in [1.165, 1.54) is 4.88 Å². The first-order chi connectivity index (χ1) is 7.79. The zero-order valence-electron chi connectivity index (χ0n) is 9.71. The van der Waals surface area contributed by atoms with Gasteiger partial charge in [-0.3, -0.25) is 0 Å². The maximum Gasteiger partial charge on any atom is 0.415 e. The number of thiophene rings is 1. The molecule has 0 aliphatic heterocycles. The van der Waals surface area contributed by atoms with Gasteiger partial charge in [0.05, 0.1) is 0 Å². The normalized spacial score (nSPS) is 15.9. The number of rotatable bonds is 5. The Morgan fingerprint density at radius 1 is 1.41 bits per heavy atom. The zero-order valence-corrected chi connectivity index (χ0v) is 10.5. The van der Waals surface area contributed by atoms with Gasteiger partial charge < -0.3 is 10.4 Å². The molecule has 0 spiro atoms. The second kappa shape index (κ2) is 5.84. The Morgan fingerprint density at radius 2 is 2.06 bits per heavy atom. The van der Waals surface area contributed by atoms with E-state index in [2.05, 4.69) is 5.32 Å². The van der Waals surface area contributed by atoms with Crippen molar-refractivity contribution in [1.29, 1.82) is 0 Å². The van der Waals surface area contributed by atoms with Crippen molar-refractivity contribution < 1.29 is 18.3 Å². The standard InChI is InChI=1S/C11H16F3NOS/c1-7(5-9-4-3-8(2)17-9)15-6-10(16)11(12,13)14/h3-4,7,10,15-16H,5-6H2,1-2H3. The van der Waals surface area contributed by atoms with Crippen molar-refractivity contribution in [3.8, 4) is 0 Å². The van der Waals surface area contributed by atoms with Gasteiger partial charge in [-0.15, -0.1) is 11.3 Å². The first kappa shape index (κ1) is 14.5. The topological polar surface area (TPSA) is 32.3 Å². The molecule has 0 radical (unpaired) electrons. The fourth-order valence-electron chi connectivity index (χ4n) is 1.40. The molecule has 1 heterocycles. The molecule has 2 N–H and O–H groups in total. The van der Waals surface area contributed by atoms with Crippen molar-refractivity contribution in [3.63, 3.8) is 0 Å². The molecule has 0 amide bonds. The van der Waals surface area contributed by atoms with Crippen LogP contribution in [-0.2, 0) is 6.42 Å². The van der Waals surface area contributed by atoms with E-state index < -0.39 is 18.8 Å². The minimum atomic E-state index is -4.55. The number of hydrogen-bond donors (Lipinski definition) is 2. The smallest absolute Gasteiger partial charge is 0.382 e. The fraction of sp³-hybridized carbons (Fsp3) is 0.636. The summed E-state index contributed by atoms with van der Waals surface area (Å²) in [6.45, 7) is 3.33. The van der Waals surface area contributed by atoms with Gasteiger partial charge in [0.25, 0.3) is 0 Å². The predicted octanol–water partition coefficient (Wildman–Crippen LogP) is 2.50. The number of aliphatic hydroxyl groups is 1. The van der Waals surface area contributed by atoms with Crippen molar-refractivity contribution >= 4 is 11.3 Å². The van der Waals surface area contributed by atoms with E-state index in [0.717, 1.165) is 4.88 Å². The van der Waals surface area contributed by atoms with E-state index >= 15 is 0 Å². The molecule has 6 heteroatoms. The molecule has 1 rings (SSSR count). The van der Waals surface area contributed by atoms with Crippen LogP contribution in [0.3, 0.4) is 0 Å². The molecule has 98 valence electrons. The van der Waals surface area contributed by atoms with Gasteiger partial charge in [-0.25, -0.2) is 0 Å². The number of nitrogens with one attached hydrogen (secondary N) is 1. The molecule has 0 bridgehead atoms. The van der Waals surface area contributed by atoms with Crippen LogP contribution in [0.25, 0.3) is 0 Å². The van der Waals surface area contributed by atoms with Crippen molar-refractivity contribution in [1.82, 2.24) is 5.32 Å². The molecule has 0 fully saturated rings. The Labute approximate surface area is 102 Å². The van der Waals surface area contributed by atoms with Crippen LogP contribution in [-0.4, -0.2) is 30.0 Å². The highest BCUT2D eigenvalue weighted by molar-refractivity contribution is 7.11. The van der Waals surface area contributed by atoms with Crippen LogP contribution < -0.4 is 5.32 Å². The predicted molar refractivity (Wildman–Crippen MR) is 62.3 cm³/mol. The third-order valence-corrected chi connectivity index (χ3v) is 3.36. The van der Waals surface area contributed by atoms with Gasteiger partial charge in [-0.2, -0.15) is 13.2 Å². The minimum absolute atomic E-state index is 0.0925. The molecule has 0 aromatic carbocycles. The van der Waals surface area contributed by atoms with Gasteiger partial charge in [-0.05, 0) is 32.4 Å². The van der Waals surface area contributed by atoms with Crippen LogP contribution in [0.4, 0.5) is 13.2 Å². The van der Waals surface area contributed by atoms with Gasteiger partial charge in [0.15, 0.2) is 6.10 Å². The maximum absolute atomic E-state index is 12.0. The molecular weight excluding hydrogens is 251 g/mol. The van der Waals surface area contributed by atoms with Crippen molar-refractivity contribution in [2.45, 2.75) is 38.6 Å². The number of hydrogen-bond acceptors (Lipinski definition) is 3. The SMILES string of the molecule is Cc1ccc(CC(C)NCC(O)C(F)(F)F)s1. The van der Waals surface area contributed by atoms with E-state index in [1.807, 2.05) is 19.1 Å². The van der Waals surface area contributed by atoms with Crippen LogP contribution in [0.1, 0.15) is 16.7 Å². The van der Waals surface area contributed by atoms with Crippen LogP contribution in [0.15, 0.2) is 12.1 Å². The lowest BCUT2D eigenvalue weighted by molar-refractivity contribution is -0.202.